The van der Waals surface area contributed by atoms with Gasteiger partial charge in [0.2, 0.25) is 0 Å². The fraction of sp³-hybridized carbons (Fsp3) is 0.955. The van der Waals surface area contributed by atoms with Crippen molar-refractivity contribution in [2.75, 3.05) is 6.54 Å². The summed E-state index contributed by atoms with van der Waals surface area (Å²) in [6.45, 7) is 8.38. The van der Waals surface area contributed by atoms with Crippen molar-refractivity contribution in [1.29, 1.82) is 0 Å². The quantitative estimate of drug-likeness (QED) is 0.804. The van der Waals surface area contributed by atoms with Crippen molar-refractivity contribution >= 4 is 5.97 Å². The Kier molecular flexibility index (Phi) is 3.53. The first-order valence-electron chi connectivity index (χ1n) is 11.0. The third kappa shape index (κ3) is 1.69. The maximum absolute atomic E-state index is 11.6. The molecule has 2 saturated carbocycles. The van der Waals surface area contributed by atoms with Gasteiger partial charge in [0, 0.05) is 19.0 Å². The average Bonchev–Trinajstić information content (AvgIpc) is 2.98. The minimum absolute atomic E-state index is 0.0467. The van der Waals surface area contributed by atoms with Crippen LogP contribution in [0.2, 0.25) is 0 Å². The highest BCUT2D eigenvalue weighted by molar-refractivity contribution is 5.66. The average molecular weight is 362 g/mol. The molecule has 0 amide bonds. The molecule has 4 heteroatoms. The topological polar surface area (TPSA) is 60.8 Å². The summed E-state index contributed by atoms with van der Waals surface area (Å²) in [5.74, 6) is 1.80. The van der Waals surface area contributed by atoms with Crippen molar-refractivity contribution in [1.82, 2.24) is 4.90 Å². The number of aliphatic hydroxyl groups excluding tert-OH is 1. The van der Waals surface area contributed by atoms with Crippen molar-refractivity contribution < 1.29 is 15.0 Å². The van der Waals surface area contributed by atoms with Gasteiger partial charge in [-0.1, -0.05) is 20.8 Å². The molecule has 9 unspecified atom stereocenters. The van der Waals surface area contributed by atoms with Crippen LogP contribution in [0, 0.1) is 34.5 Å². The number of nitrogens with zero attached hydrogens (tertiary/aromatic N) is 1. The van der Waals surface area contributed by atoms with Crippen LogP contribution in [0.3, 0.4) is 0 Å². The van der Waals surface area contributed by atoms with Crippen LogP contribution in [0.1, 0.15) is 72.1 Å². The van der Waals surface area contributed by atoms with Crippen LogP contribution < -0.4 is 0 Å². The maximum Gasteiger partial charge on any atom is 0.303 e. The highest BCUT2D eigenvalue weighted by atomic mass is 16.4. The molecule has 5 fully saturated rings. The molecule has 0 aromatic heterocycles. The molecular formula is C22H35NO3. The molecule has 0 aromatic rings. The third-order valence-electron chi connectivity index (χ3n) is 10.2. The van der Waals surface area contributed by atoms with E-state index in [1.165, 1.54) is 19.3 Å². The van der Waals surface area contributed by atoms with Crippen LogP contribution in [0.25, 0.3) is 0 Å². The van der Waals surface area contributed by atoms with Gasteiger partial charge in [-0.2, -0.15) is 0 Å². The number of aliphatic carboxylic acids is 1. The normalized spacial score (nSPS) is 56.8. The number of aliphatic hydroxyl groups is 1. The number of carbonyl (C=O) groups is 1. The molecule has 0 aromatic carbocycles. The number of piperidine rings is 2. The predicted octanol–water partition coefficient (Wildman–Crippen LogP) is 3.53. The van der Waals surface area contributed by atoms with Crippen LogP contribution in [-0.2, 0) is 4.79 Å². The van der Waals surface area contributed by atoms with Gasteiger partial charge in [-0.3, -0.25) is 9.69 Å². The lowest BCUT2D eigenvalue weighted by atomic mass is 9.42. The Morgan fingerprint density at radius 1 is 1.19 bits per heavy atom. The smallest absolute Gasteiger partial charge is 0.303 e. The van der Waals surface area contributed by atoms with E-state index in [4.69, 9.17) is 0 Å². The number of carboxylic acids is 1. The molecule has 3 heterocycles. The molecule has 26 heavy (non-hydrogen) atoms. The summed E-state index contributed by atoms with van der Waals surface area (Å²) in [4.78, 5) is 14.4. The molecule has 3 aliphatic heterocycles. The lowest BCUT2D eigenvalue weighted by molar-refractivity contribution is -0.189. The largest absolute Gasteiger partial charge is 0.481 e. The molecule has 5 rings (SSSR count). The van der Waals surface area contributed by atoms with E-state index in [9.17, 15) is 15.0 Å². The van der Waals surface area contributed by atoms with Gasteiger partial charge < -0.3 is 10.2 Å². The zero-order valence-electron chi connectivity index (χ0n) is 16.6. The molecule has 146 valence electrons. The summed E-state index contributed by atoms with van der Waals surface area (Å²) in [5, 5.41) is 20.7. The molecular weight excluding hydrogens is 326 g/mol. The monoisotopic (exact) mass is 361 g/mol. The van der Waals surface area contributed by atoms with Gasteiger partial charge in [-0.25, -0.2) is 0 Å². The summed E-state index contributed by atoms with van der Waals surface area (Å²) in [6, 6.07) is 0.483. The Balaban J connectivity index is 1.72. The van der Waals surface area contributed by atoms with E-state index in [0.29, 0.717) is 36.1 Å². The first-order chi connectivity index (χ1) is 12.3. The third-order valence-corrected chi connectivity index (χ3v) is 10.2. The Morgan fingerprint density at radius 2 is 1.96 bits per heavy atom. The van der Waals surface area contributed by atoms with E-state index >= 15 is 0 Å². The molecule has 2 aliphatic carbocycles. The van der Waals surface area contributed by atoms with E-state index in [1.807, 2.05) is 0 Å². The Labute approximate surface area is 157 Å². The van der Waals surface area contributed by atoms with Crippen LogP contribution in [0.4, 0.5) is 0 Å². The van der Waals surface area contributed by atoms with Crippen LogP contribution in [0.15, 0.2) is 0 Å². The number of fused-ring (bicyclic) bond motifs is 2. The summed E-state index contributed by atoms with van der Waals surface area (Å²) < 4.78 is 0. The molecule has 4 nitrogen and oxygen atoms in total. The molecule has 5 aliphatic rings. The summed E-state index contributed by atoms with van der Waals surface area (Å²) in [5.41, 5.74) is 0.298. The van der Waals surface area contributed by atoms with Crippen molar-refractivity contribution in [2.24, 2.45) is 34.5 Å². The fourth-order valence-corrected chi connectivity index (χ4v) is 9.33. The fourth-order valence-electron chi connectivity index (χ4n) is 9.33. The SMILES string of the molecule is CC(C)C1CCC2(C)C3CCC45C(O)CCC4C2(CCC(=O)O)C1N5C3. The van der Waals surface area contributed by atoms with Gasteiger partial charge in [0.05, 0.1) is 11.6 Å². The molecule has 0 radical (unpaired) electrons. The highest BCUT2D eigenvalue weighted by Crippen LogP contribution is 2.79. The standard InChI is InChI=1S/C22H35NO3/c1-13(2)15-7-9-20(3)14-6-11-22-16(4-5-17(22)24)21(20,10-8-18(25)26)19(15)23(22)12-14/h13-17,19,24H,4-12H2,1-3H3,(H,25,26). The Morgan fingerprint density at radius 3 is 2.65 bits per heavy atom. The van der Waals surface area contributed by atoms with Crippen LogP contribution in [0.5, 0.6) is 0 Å². The summed E-state index contributed by atoms with van der Waals surface area (Å²) in [6.07, 6.45) is 7.81. The Hall–Kier alpha value is -0.610. The first kappa shape index (κ1) is 17.5. The van der Waals surface area contributed by atoms with Gasteiger partial charge in [0.15, 0.2) is 0 Å². The second-order valence-electron chi connectivity index (χ2n) is 10.8. The van der Waals surface area contributed by atoms with E-state index < -0.39 is 5.97 Å². The number of hydrogen-bond acceptors (Lipinski definition) is 3. The van der Waals surface area contributed by atoms with Crippen LogP contribution >= 0.6 is 0 Å². The molecule has 2 N–H and O–H groups in total. The molecule has 1 spiro atoms. The molecule has 3 saturated heterocycles. The lowest BCUT2D eigenvalue weighted by Crippen LogP contribution is -2.69. The van der Waals surface area contributed by atoms with Gasteiger partial charge in [-0.15, -0.1) is 0 Å². The zero-order valence-corrected chi connectivity index (χ0v) is 16.6. The summed E-state index contributed by atoms with van der Waals surface area (Å²) >= 11 is 0. The first-order valence-corrected chi connectivity index (χ1v) is 11.0. The molecule has 9 atom stereocenters. The summed E-state index contributed by atoms with van der Waals surface area (Å²) in [7, 11) is 0. The second-order valence-corrected chi connectivity index (χ2v) is 10.8. The zero-order chi connectivity index (χ0) is 18.5. The van der Waals surface area contributed by atoms with E-state index in [1.54, 1.807) is 0 Å². The van der Waals surface area contributed by atoms with E-state index in [2.05, 4.69) is 25.7 Å². The van der Waals surface area contributed by atoms with Crippen LogP contribution in [-0.4, -0.2) is 45.3 Å². The van der Waals surface area contributed by atoms with Crippen molar-refractivity contribution in [2.45, 2.75) is 89.8 Å². The number of rotatable bonds is 4. The number of hydrogen-bond donors (Lipinski definition) is 2. The minimum atomic E-state index is -0.647. The van der Waals surface area contributed by atoms with E-state index in [-0.39, 0.29) is 22.5 Å². The highest BCUT2D eigenvalue weighted by Gasteiger charge is 2.81. The Bertz CT molecular complexity index is 635. The second kappa shape index (κ2) is 5.26. The van der Waals surface area contributed by atoms with Gasteiger partial charge >= 0.3 is 5.97 Å². The van der Waals surface area contributed by atoms with Gasteiger partial charge in [0.25, 0.3) is 0 Å². The van der Waals surface area contributed by atoms with Crippen molar-refractivity contribution in [3.05, 3.63) is 0 Å². The lowest BCUT2D eigenvalue weighted by Gasteiger charge is -2.67. The van der Waals surface area contributed by atoms with Crippen molar-refractivity contribution in [3.8, 4) is 0 Å². The maximum atomic E-state index is 11.6. The van der Waals surface area contributed by atoms with Crippen molar-refractivity contribution in [3.63, 3.8) is 0 Å². The predicted molar refractivity (Wildman–Crippen MR) is 99.7 cm³/mol. The number of carboxylic acid groups (broad SMARTS) is 1. The molecule has 5 bridgehead atoms. The van der Waals surface area contributed by atoms with Gasteiger partial charge in [-0.05, 0) is 79.4 Å². The van der Waals surface area contributed by atoms with Gasteiger partial charge in [0.1, 0.15) is 0 Å². The van der Waals surface area contributed by atoms with E-state index in [0.717, 1.165) is 32.2 Å². The minimum Gasteiger partial charge on any atom is -0.481 e.